The fraction of sp³-hybridized carbons (Fsp3) is 0.455. The van der Waals surface area contributed by atoms with Gasteiger partial charge in [-0.15, -0.1) is 0 Å². The van der Waals surface area contributed by atoms with E-state index in [1.165, 1.54) is 34.5 Å². The van der Waals surface area contributed by atoms with Crippen LogP contribution in [-0.4, -0.2) is 89.4 Å². The molecule has 0 unspecified atom stereocenters. The number of likely N-dealkylation sites (tertiary alicyclic amines) is 1. The smallest absolute Gasteiger partial charge is 0.434 e. The molecule has 2 aliphatic heterocycles. The Morgan fingerprint density at radius 3 is 2.76 bits per heavy atom. The van der Waals surface area contributed by atoms with Crippen molar-refractivity contribution in [1.82, 2.24) is 19.8 Å². The quantitative estimate of drug-likeness (QED) is 0.234. The summed E-state index contributed by atoms with van der Waals surface area (Å²) in [6.07, 6.45) is 8.75. The Balaban J connectivity index is 1.27. The number of amides is 1. The van der Waals surface area contributed by atoms with Gasteiger partial charge in [0.15, 0.2) is 0 Å². The van der Waals surface area contributed by atoms with Gasteiger partial charge < -0.3 is 19.4 Å². The largest absolute Gasteiger partial charge is 0.443 e. The van der Waals surface area contributed by atoms with Crippen molar-refractivity contribution in [2.75, 3.05) is 45.7 Å². The van der Waals surface area contributed by atoms with E-state index in [0.29, 0.717) is 31.1 Å². The van der Waals surface area contributed by atoms with Crippen molar-refractivity contribution in [1.29, 1.82) is 0 Å². The number of benzene rings is 2. The number of hydrogen-bond donors (Lipinski definition) is 0. The van der Waals surface area contributed by atoms with Crippen LogP contribution >= 0.6 is 0 Å². The zero-order valence-corrected chi connectivity index (χ0v) is 24.5. The predicted octanol–water partition coefficient (Wildman–Crippen LogP) is 4.43. The summed E-state index contributed by atoms with van der Waals surface area (Å²) >= 11 is 0. The minimum absolute atomic E-state index is 0.0166. The van der Waals surface area contributed by atoms with E-state index in [1.54, 1.807) is 4.90 Å². The highest BCUT2D eigenvalue weighted by atomic mass is 16.5. The first-order chi connectivity index (χ1) is 19.9. The van der Waals surface area contributed by atoms with Gasteiger partial charge in [0.1, 0.15) is 6.61 Å². The van der Waals surface area contributed by atoms with Crippen molar-refractivity contribution < 1.29 is 14.1 Å². The molecule has 0 radical (unpaired) electrons. The molecule has 2 aromatic carbocycles. The van der Waals surface area contributed by atoms with Gasteiger partial charge in [-0.05, 0) is 56.8 Å². The lowest BCUT2D eigenvalue weighted by Crippen LogP contribution is -2.46. The number of fused-ring (bicyclic) bond motifs is 2. The molecule has 3 heterocycles. The van der Waals surface area contributed by atoms with Gasteiger partial charge in [0.25, 0.3) is 0 Å². The summed E-state index contributed by atoms with van der Waals surface area (Å²) in [7, 11) is 6.11. The summed E-state index contributed by atoms with van der Waals surface area (Å²) in [5.41, 5.74) is 3.47. The predicted molar refractivity (Wildman–Crippen MR) is 163 cm³/mol. The third-order valence-corrected chi connectivity index (χ3v) is 9.19. The maximum Gasteiger partial charge on any atom is 0.434 e. The van der Waals surface area contributed by atoms with Crippen molar-refractivity contribution in [3.05, 3.63) is 66.4 Å². The minimum atomic E-state index is -0.0166. The monoisotopic (exact) mass is 553 g/mol. The van der Waals surface area contributed by atoms with Crippen LogP contribution < -0.4 is 9.64 Å². The fourth-order valence-corrected chi connectivity index (χ4v) is 6.57. The number of carbonyl (C=O) groups excluding carboxylic acids is 1. The Kier molecular flexibility index (Phi) is 7.75. The Morgan fingerprint density at radius 1 is 1.17 bits per heavy atom. The Morgan fingerprint density at radius 2 is 1.98 bits per heavy atom. The van der Waals surface area contributed by atoms with Crippen molar-refractivity contribution in [3.63, 3.8) is 0 Å². The van der Waals surface area contributed by atoms with E-state index >= 15 is 0 Å². The van der Waals surface area contributed by atoms with Crippen LogP contribution in [0.4, 0.5) is 11.5 Å². The maximum atomic E-state index is 12.0. The normalized spacial score (nSPS) is 22.8. The first kappa shape index (κ1) is 27.4. The number of nitrogens with zero attached hydrogens (tertiary/aromatic N) is 6. The molecule has 8 heteroatoms. The minimum Gasteiger partial charge on any atom is -0.443 e. The Bertz CT molecular complexity index is 1470. The van der Waals surface area contributed by atoms with Gasteiger partial charge in [-0.25, -0.2) is 4.58 Å². The topological polar surface area (TPSA) is 64.8 Å². The van der Waals surface area contributed by atoms with Crippen molar-refractivity contribution in [3.8, 4) is 6.01 Å². The molecule has 2 fully saturated rings. The summed E-state index contributed by atoms with van der Waals surface area (Å²) in [5, 5.41) is 2.51. The van der Waals surface area contributed by atoms with Crippen LogP contribution in [0.5, 0.6) is 6.01 Å². The van der Waals surface area contributed by atoms with Gasteiger partial charge in [-0.2, -0.15) is 4.98 Å². The van der Waals surface area contributed by atoms with E-state index in [4.69, 9.17) is 14.7 Å². The molecule has 41 heavy (non-hydrogen) atoms. The first-order valence-corrected chi connectivity index (χ1v) is 14.8. The SMILES string of the molecule is C=CC(=O)N(C)C1CC(/C=[N+](/C)c2nc(OC[C@@H]3CCCN3C)nc3c2CCN(c2cccc4ccccc24)C3)C1. The van der Waals surface area contributed by atoms with E-state index in [1.807, 2.05) is 7.05 Å². The third kappa shape index (κ3) is 5.58. The molecule has 6 rings (SSSR count). The van der Waals surface area contributed by atoms with Gasteiger partial charge in [0, 0.05) is 54.1 Å². The molecule has 1 aromatic heterocycles. The third-order valence-electron chi connectivity index (χ3n) is 9.19. The van der Waals surface area contributed by atoms with Crippen LogP contribution in [0.2, 0.25) is 0 Å². The number of hydrogen-bond acceptors (Lipinski definition) is 6. The number of anilines is 1. The van der Waals surface area contributed by atoms with Crippen LogP contribution in [0.3, 0.4) is 0 Å². The molecule has 0 bridgehead atoms. The average Bonchev–Trinajstić information content (AvgIpc) is 3.40. The van der Waals surface area contributed by atoms with Crippen LogP contribution in [0.25, 0.3) is 10.8 Å². The molecule has 1 aliphatic carbocycles. The van der Waals surface area contributed by atoms with E-state index < -0.39 is 0 Å². The average molecular weight is 554 g/mol. The Hall–Kier alpha value is -3.78. The van der Waals surface area contributed by atoms with Gasteiger partial charge in [-0.1, -0.05) is 43.0 Å². The zero-order valence-electron chi connectivity index (χ0n) is 24.5. The molecule has 1 atom stereocenters. The number of ether oxygens (including phenoxy) is 1. The van der Waals surface area contributed by atoms with Crippen molar-refractivity contribution in [2.24, 2.45) is 5.92 Å². The first-order valence-electron chi connectivity index (χ1n) is 14.8. The molecule has 0 N–H and O–H groups in total. The number of rotatable bonds is 8. The lowest BCUT2D eigenvalue weighted by Gasteiger charge is -2.38. The van der Waals surface area contributed by atoms with Crippen molar-refractivity contribution in [2.45, 2.75) is 50.7 Å². The molecular weight excluding hydrogens is 512 g/mol. The standard InChI is InChI=1S/C33H41N6O2/c1-5-31(40)38(4)26-18-23(19-26)20-37(3)32-28-15-17-39(30-14-8-11-24-10-6-7-13-27(24)30)21-29(28)34-33(35-32)41-22-25-12-9-16-36(25)2/h5-8,10-11,13-14,20,23,25-26H,1,9,12,15-19,21-22H2,2-4H3/q+1/b37-20-/t23?,25-,26?/m0/s1. The second kappa shape index (κ2) is 11.6. The summed E-state index contributed by atoms with van der Waals surface area (Å²) in [5.74, 6) is 1.31. The molecule has 1 saturated carbocycles. The molecule has 214 valence electrons. The summed E-state index contributed by atoms with van der Waals surface area (Å²) in [4.78, 5) is 28.6. The summed E-state index contributed by atoms with van der Waals surface area (Å²) < 4.78 is 8.45. The molecule has 1 amide bonds. The van der Waals surface area contributed by atoms with Crippen LogP contribution in [0, 0.1) is 5.92 Å². The van der Waals surface area contributed by atoms with Gasteiger partial charge in [-0.3, -0.25) is 4.79 Å². The second-order valence-electron chi connectivity index (χ2n) is 11.8. The highest BCUT2D eigenvalue weighted by molar-refractivity contribution is 5.94. The zero-order chi connectivity index (χ0) is 28.5. The number of likely N-dealkylation sites (N-methyl/N-ethyl adjacent to an activating group) is 2. The lowest BCUT2D eigenvalue weighted by atomic mass is 9.80. The summed E-state index contributed by atoms with van der Waals surface area (Å²) in [6.45, 7) is 6.95. The summed E-state index contributed by atoms with van der Waals surface area (Å²) in [6, 6.07) is 16.2. The molecule has 3 aromatic rings. The van der Waals surface area contributed by atoms with Crippen LogP contribution in [0.1, 0.15) is 36.9 Å². The van der Waals surface area contributed by atoms with E-state index in [2.05, 4.69) is 83.7 Å². The molecule has 3 aliphatic rings. The molecular formula is C33H41N6O2+. The highest BCUT2D eigenvalue weighted by Gasteiger charge is 2.35. The van der Waals surface area contributed by atoms with Gasteiger partial charge in [0.05, 0.1) is 31.1 Å². The van der Waals surface area contributed by atoms with Gasteiger partial charge in [0.2, 0.25) is 5.91 Å². The fourth-order valence-electron chi connectivity index (χ4n) is 6.57. The van der Waals surface area contributed by atoms with E-state index in [-0.39, 0.29) is 11.9 Å². The molecule has 1 saturated heterocycles. The van der Waals surface area contributed by atoms with E-state index in [9.17, 15) is 4.79 Å². The van der Waals surface area contributed by atoms with E-state index in [0.717, 1.165) is 50.3 Å². The molecule has 8 nitrogen and oxygen atoms in total. The second-order valence-corrected chi connectivity index (χ2v) is 11.8. The number of carbonyl (C=O) groups is 1. The Labute approximate surface area is 242 Å². The van der Waals surface area contributed by atoms with Crippen molar-refractivity contribution >= 4 is 34.4 Å². The number of aromatic nitrogens is 2. The van der Waals surface area contributed by atoms with Gasteiger partial charge >= 0.3 is 11.8 Å². The molecule has 0 spiro atoms. The maximum absolute atomic E-state index is 12.0. The van der Waals surface area contributed by atoms with Crippen LogP contribution in [0.15, 0.2) is 55.1 Å². The van der Waals surface area contributed by atoms with Crippen LogP contribution in [-0.2, 0) is 17.8 Å². The lowest BCUT2D eigenvalue weighted by molar-refractivity contribution is -0.408. The highest BCUT2D eigenvalue weighted by Crippen LogP contribution is 2.35.